The zero-order valence-electron chi connectivity index (χ0n) is 15.4. The molecular formula is C19H35N3O2. The predicted molar refractivity (Wildman–Crippen MR) is 95.9 cm³/mol. The molecule has 1 aliphatic carbocycles. The van der Waals surface area contributed by atoms with Crippen molar-refractivity contribution in [1.29, 1.82) is 0 Å². The number of aliphatic hydroxyl groups excluding tert-OH is 1. The molecule has 0 radical (unpaired) electrons. The Morgan fingerprint density at radius 1 is 1.00 bits per heavy atom. The van der Waals surface area contributed by atoms with Crippen molar-refractivity contribution in [3.63, 3.8) is 0 Å². The first-order chi connectivity index (χ1) is 11.6. The van der Waals surface area contributed by atoms with Crippen LogP contribution in [0.25, 0.3) is 0 Å². The molecule has 3 rings (SSSR count). The molecule has 1 unspecified atom stereocenters. The molecule has 2 amide bonds. The number of nitrogens with zero attached hydrogens (tertiary/aromatic N) is 2. The maximum absolute atomic E-state index is 12.9. The summed E-state index contributed by atoms with van der Waals surface area (Å²) in [7, 11) is 0. The molecule has 5 heteroatoms. The molecule has 138 valence electrons. The second-order valence-electron chi connectivity index (χ2n) is 8.32. The molecule has 5 nitrogen and oxygen atoms in total. The van der Waals surface area contributed by atoms with Crippen LogP contribution in [0.4, 0.5) is 4.79 Å². The number of rotatable bonds is 4. The minimum Gasteiger partial charge on any atom is -0.395 e. The van der Waals surface area contributed by atoms with Crippen molar-refractivity contribution in [1.82, 2.24) is 15.1 Å². The van der Waals surface area contributed by atoms with E-state index in [1.54, 1.807) is 0 Å². The summed E-state index contributed by atoms with van der Waals surface area (Å²) in [6, 6.07) is 1.08. The Bertz CT molecular complexity index is 421. The van der Waals surface area contributed by atoms with Crippen molar-refractivity contribution in [2.45, 2.75) is 76.9 Å². The van der Waals surface area contributed by atoms with Crippen LogP contribution in [0.3, 0.4) is 0 Å². The summed E-state index contributed by atoms with van der Waals surface area (Å²) in [4.78, 5) is 17.3. The van der Waals surface area contributed by atoms with Gasteiger partial charge in [0, 0.05) is 31.2 Å². The highest BCUT2D eigenvalue weighted by molar-refractivity contribution is 5.75. The molecule has 3 aliphatic rings. The van der Waals surface area contributed by atoms with Crippen molar-refractivity contribution >= 4 is 6.03 Å². The summed E-state index contributed by atoms with van der Waals surface area (Å²) < 4.78 is 0. The number of hydrogen-bond acceptors (Lipinski definition) is 3. The van der Waals surface area contributed by atoms with Crippen LogP contribution in [-0.2, 0) is 0 Å². The third kappa shape index (κ3) is 3.88. The molecule has 2 aliphatic heterocycles. The van der Waals surface area contributed by atoms with E-state index in [0.717, 1.165) is 38.9 Å². The van der Waals surface area contributed by atoms with Gasteiger partial charge in [0.05, 0.1) is 6.61 Å². The van der Waals surface area contributed by atoms with Gasteiger partial charge in [0.25, 0.3) is 0 Å². The van der Waals surface area contributed by atoms with Crippen LogP contribution in [0, 0.1) is 11.8 Å². The van der Waals surface area contributed by atoms with Gasteiger partial charge in [-0.05, 0) is 56.9 Å². The number of urea groups is 1. The number of carbonyl (C=O) groups is 1. The maximum Gasteiger partial charge on any atom is 0.317 e. The molecule has 3 fully saturated rings. The van der Waals surface area contributed by atoms with E-state index in [9.17, 15) is 9.90 Å². The first kappa shape index (κ1) is 18.0. The minimum atomic E-state index is 0.142. The summed E-state index contributed by atoms with van der Waals surface area (Å²) in [5.41, 5.74) is 0. The van der Waals surface area contributed by atoms with Gasteiger partial charge in [-0.3, -0.25) is 4.90 Å². The fourth-order valence-corrected chi connectivity index (χ4v) is 5.10. The van der Waals surface area contributed by atoms with Gasteiger partial charge in [0.1, 0.15) is 0 Å². The second-order valence-corrected chi connectivity index (χ2v) is 8.32. The highest BCUT2D eigenvalue weighted by Crippen LogP contribution is 2.30. The van der Waals surface area contributed by atoms with E-state index in [1.807, 2.05) is 0 Å². The van der Waals surface area contributed by atoms with Gasteiger partial charge in [-0.1, -0.05) is 20.3 Å². The minimum absolute atomic E-state index is 0.142. The Hall–Kier alpha value is -0.810. The Kier molecular flexibility index (Phi) is 6.03. The van der Waals surface area contributed by atoms with E-state index in [0.29, 0.717) is 30.0 Å². The number of likely N-dealkylation sites (tertiary alicyclic amines) is 2. The number of nitrogens with one attached hydrogen (secondary N) is 1. The monoisotopic (exact) mass is 337 g/mol. The Labute approximate surface area is 146 Å². The summed E-state index contributed by atoms with van der Waals surface area (Å²) in [5, 5.41) is 12.9. The van der Waals surface area contributed by atoms with Crippen LogP contribution in [0.1, 0.15) is 58.8 Å². The molecule has 2 heterocycles. The molecular weight excluding hydrogens is 302 g/mol. The lowest BCUT2D eigenvalue weighted by atomic mass is 9.79. The molecule has 0 aromatic rings. The average molecular weight is 338 g/mol. The van der Waals surface area contributed by atoms with E-state index in [2.05, 4.69) is 29.0 Å². The zero-order valence-corrected chi connectivity index (χ0v) is 15.4. The standard InChI is InChI=1S/C19H35N3O2/c1-14-6-3-7-15(2)18(14)20-19(24)22-11-5-8-16(22)12-21-10-4-9-17(21)13-23/h14-18,23H,3-13H2,1-2H3,(H,20,24)/t14-,15+,16-,17-,18?/m0/s1. The molecule has 1 saturated carbocycles. The van der Waals surface area contributed by atoms with Crippen LogP contribution >= 0.6 is 0 Å². The molecule has 2 saturated heterocycles. The number of carbonyl (C=O) groups excluding carboxylic acids is 1. The Balaban J connectivity index is 1.57. The predicted octanol–water partition coefficient (Wildman–Crippen LogP) is 2.44. The van der Waals surface area contributed by atoms with Gasteiger partial charge in [-0.2, -0.15) is 0 Å². The number of aliphatic hydroxyl groups is 1. The van der Waals surface area contributed by atoms with E-state index >= 15 is 0 Å². The third-order valence-electron chi connectivity index (χ3n) is 6.63. The van der Waals surface area contributed by atoms with Gasteiger partial charge >= 0.3 is 6.03 Å². The topological polar surface area (TPSA) is 55.8 Å². The highest BCUT2D eigenvalue weighted by atomic mass is 16.3. The van der Waals surface area contributed by atoms with E-state index in [1.165, 1.54) is 25.7 Å². The van der Waals surface area contributed by atoms with Crippen LogP contribution in [0.15, 0.2) is 0 Å². The first-order valence-electron chi connectivity index (χ1n) is 10.0. The molecule has 0 aromatic carbocycles. The SMILES string of the molecule is C[C@@H]1CCC[C@H](C)C1NC(=O)N1CCC[C@H]1CN1CCC[C@H]1CO. The van der Waals surface area contributed by atoms with Gasteiger partial charge in [-0.25, -0.2) is 4.79 Å². The van der Waals surface area contributed by atoms with Crippen LogP contribution in [0.5, 0.6) is 0 Å². The van der Waals surface area contributed by atoms with E-state index in [-0.39, 0.29) is 12.6 Å². The van der Waals surface area contributed by atoms with Crippen molar-refractivity contribution in [2.24, 2.45) is 11.8 Å². The molecule has 0 spiro atoms. The molecule has 0 bridgehead atoms. The Morgan fingerprint density at radius 2 is 1.67 bits per heavy atom. The third-order valence-corrected chi connectivity index (χ3v) is 6.63. The summed E-state index contributed by atoms with van der Waals surface area (Å²) in [6.07, 6.45) is 8.20. The average Bonchev–Trinajstić information content (AvgIpc) is 3.20. The molecule has 5 atom stereocenters. The van der Waals surface area contributed by atoms with Crippen LogP contribution in [-0.4, -0.2) is 65.3 Å². The molecule has 2 N–H and O–H groups in total. The highest BCUT2D eigenvalue weighted by Gasteiger charge is 2.36. The van der Waals surface area contributed by atoms with E-state index < -0.39 is 0 Å². The molecule has 0 aromatic heterocycles. The van der Waals surface area contributed by atoms with Crippen LogP contribution in [0.2, 0.25) is 0 Å². The summed E-state index contributed by atoms with van der Waals surface area (Å²) in [5.74, 6) is 1.16. The molecule has 24 heavy (non-hydrogen) atoms. The second kappa shape index (κ2) is 8.05. The van der Waals surface area contributed by atoms with Crippen molar-refractivity contribution in [3.8, 4) is 0 Å². The van der Waals surface area contributed by atoms with Crippen molar-refractivity contribution < 1.29 is 9.90 Å². The number of amides is 2. The van der Waals surface area contributed by atoms with Gasteiger partial charge in [-0.15, -0.1) is 0 Å². The quantitative estimate of drug-likeness (QED) is 0.828. The van der Waals surface area contributed by atoms with Gasteiger partial charge in [0.15, 0.2) is 0 Å². The van der Waals surface area contributed by atoms with Crippen molar-refractivity contribution in [3.05, 3.63) is 0 Å². The maximum atomic E-state index is 12.9. The lowest BCUT2D eigenvalue weighted by molar-refractivity contribution is 0.121. The summed E-state index contributed by atoms with van der Waals surface area (Å²) >= 11 is 0. The lowest BCUT2D eigenvalue weighted by Gasteiger charge is -2.37. The lowest BCUT2D eigenvalue weighted by Crippen LogP contribution is -2.54. The number of hydrogen-bond donors (Lipinski definition) is 2. The fraction of sp³-hybridized carbons (Fsp3) is 0.947. The van der Waals surface area contributed by atoms with Gasteiger partial charge < -0.3 is 15.3 Å². The van der Waals surface area contributed by atoms with Crippen LogP contribution < -0.4 is 5.32 Å². The van der Waals surface area contributed by atoms with Gasteiger partial charge in [0.2, 0.25) is 0 Å². The summed E-state index contributed by atoms with van der Waals surface area (Å²) in [6.45, 7) is 7.66. The first-order valence-corrected chi connectivity index (χ1v) is 10.0. The largest absolute Gasteiger partial charge is 0.395 e. The Morgan fingerprint density at radius 3 is 2.38 bits per heavy atom. The smallest absolute Gasteiger partial charge is 0.317 e. The van der Waals surface area contributed by atoms with Crippen molar-refractivity contribution in [2.75, 3.05) is 26.2 Å². The fourth-order valence-electron chi connectivity index (χ4n) is 5.10. The normalized spacial score (nSPS) is 37.8. The zero-order chi connectivity index (χ0) is 17.1. The van der Waals surface area contributed by atoms with E-state index in [4.69, 9.17) is 0 Å².